The summed E-state index contributed by atoms with van der Waals surface area (Å²) in [5.41, 5.74) is 0.660. The minimum absolute atomic E-state index is 0.0633. The Morgan fingerprint density at radius 1 is 1.12 bits per heavy atom. The van der Waals surface area contributed by atoms with E-state index in [1.165, 1.54) is 12.1 Å². The lowest BCUT2D eigenvalue weighted by Gasteiger charge is -1.96. The summed E-state index contributed by atoms with van der Waals surface area (Å²) in [7, 11) is 0. The molecule has 0 spiro atoms. The van der Waals surface area contributed by atoms with Crippen LogP contribution >= 0.6 is 0 Å². The van der Waals surface area contributed by atoms with Gasteiger partial charge in [-0.2, -0.15) is 0 Å². The zero-order valence-electron chi connectivity index (χ0n) is 8.28. The van der Waals surface area contributed by atoms with Crippen molar-refractivity contribution in [3.05, 3.63) is 41.7 Å². The molecule has 1 heterocycles. The van der Waals surface area contributed by atoms with Crippen LogP contribution in [0.25, 0.3) is 11.3 Å². The number of aliphatic hydroxyl groups excluding tert-OH is 1. The number of halogens is 2. The Morgan fingerprint density at radius 3 is 2.44 bits per heavy atom. The van der Waals surface area contributed by atoms with Crippen molar-refractivity contribution in [2.24, 2.45) is 0 Å². The molecule has 1 N–H and O–H groups in total. The van der Waals surface area contributed by atoms with Crippen molar-refractivity contribution in [2.45, 2.75) is 6.42 Å². The van der Waals surface area contributed by atoms with E-state index in [2.05, 4.69) is 5.16 Å². The Kier molecular flexibility index (Phi) is 2.96. The zero-order valence-corrected chi connectivity index (χ0v) is 8.28. The van der Waals surface area contributed by atoms with E-state index in [0.717, 1.165) is 6.07 Å². The average Bonchev–Trinajstić information content (AvgIpc) is 2.65. The molecular weight excluding hydrogens is 216 g/mol. The van der Waals surface area contributed by atoms with Crippen LogP contribution in [0, 0.1) is 11.6 Å². The first-order valence-electron chi connectivity index (χ1n) is 4.72. The highest BCUT2D eigenvalue weighted by molar-refractivity contribution is 5.58. The van der Waals surface area contributed by atoms with E-state index in [9.17, 15) is 8.78 Å². The molecule has 0 bridgehead atoms. The summed E-state index contributed by atoms with van der Waals surface area (Å²) in [6.45, 7) is -0.0633. The lowest BCUT2D eigenvalue weighted by molar-refractivity contribution is 0.277. The minimum atomic E-state index is -0.665. The summed E-state index contributed by atoms with van der Waals surface area (Å²) in [5, 5.41) is 12.3. The maximum absolute atomic E-state index is 12.9. The summed E-state index contributed by atoms with van der Waals surface area (Å²) >= 11 is 0. The third-order valence-electron chi connectivity index (χ3n) is 2.08. The van der Waals surface area contributed by atoms with Gasteiger partial charge in [-0.3, -0.25) is 0 Å². The smallest absolute Gasteiger partial charge is 0.139 e. The second kappa shape index (κ2) is 4.40. The molecule has 0 aliphatic rings. The first-order chi connectivity index (χ1) is 7.69. The van der Waals surface area contributed by atoms with Gasteiger partial charge in [0.15, 0.2) is 0 Å². The lowest BCUT2D eigenvalue weighted by Crippen LogP contribution is -1.86. The first-order valence-corrected chi connectivity index (χ1v) is 4.72. The van der Waals surface area contributed by atoms with Crippen LogP contribution in [0.3, 0.4) is 0 Å². The molecule has 0 saturated heterocycles. The quantitative estimate of drug-likeness (QED) is 0.870. The fourth-order valence-corrected chi connectivity index (χ4v) is 1.38. The van der Waals surface area contributed by atoms with E-state index < -0.39 is 11.6 Å². The van der Waals surface area contributed by atoms with Crippen LogP contribution in [0.2, 0.25) is 0 Å². The first kappa shape index (κ1) is 10.8. The van der Waals surface area contributed by atoms with Gasteiger partial charge in [-0.1, -0.05) is 5.16 Å². The molecule has 16 heavy (non-hydrogen) atoms. The molecule has 2 rings (SSSR count). The molecule has 0 radical (unpaired) electrons. The predicted octanol–water partition coefficient (Wildman–Crippen LogP) is 2.15. The highest BCUT2D eigenvalue weighted by atomic mass is 19.1. The number of aromatic nitrogens is 1. The molecule has 0 aliphatic heterocycles. The number of aliphatic hydroxyl groups is 1. The van der Waals surface area contributed by atoms with E-state index in [1.807, 2.05) is 0 Å². The van der Waals surface area contributed by atoms with Crippen LogP contribution in [0.1, 0.15) is 5.76 Å². The molecular formula is C11H9F2NO2. The number of hydrogen-bond donors (Lipinski definition) is 1. The normalized spacial score (nSPS) is 10.7. The minimum Gasteiger partial charge on any atom is -0.396 e. The van der Waals surface area contributed by atoms with Crippen molar-refractivity contribution in [2.75, 3.05) is 6.61 Å². The average molecular weight is 225 g/mol. The third kappa shape index (κ3) is 2.25. The molecule has 2 aromatic rings. The zero-order chi connectivity index (χ0) is 11.5. The number of hydrogen-bond acceptors (Lipinski definition) is 3. The van der Waals surface area contributed by atoms with E-state index >= 15 is 0 Å². The SMILES string of the molecule is OCCc1cc(-c2cc(F)cc(F)c2)no1. The lowest BCUT2D eigenvalue weighted by atomic mass is 10.1. The van der Waals surface area contributed by atoms with Crippen molar-refractivity contribution in [1.82, 2.24) is 5.16 Å². The van der Waals surface area contributed by atoms with Gasteiger partial charge in [0.25, 0.3) is 0 Å². The largest absolute Gasteiger partial charge is 0.396 e. The van der Waals surface area contributed by atoms with Gasteiger partial charge in [0.05, 0.1) is 6.61 Å². The van der Waals surface area contributed by atoms with Gasteiger partial charge in [-0.15, -0.1) is 0 Å². The number of benzene rings is 1. The Labute approximate surface area is 90.3 Å². The van der Waals surface area contributed by atoms with Gasteiger partial charge >= 0.3 is 0 Å². The molecule has 0 aliphatic carbocycles. The monoisotopic (exact) mass is 225 g/mol. The topological polar surface area (TPSA) is 46.3 Å². The molecule has 1 aromatic heterocycles. The summed E-state index contributed by atoms with van der Waals surface area (Å²) in [6.07, 6.45) is 0.324. The second-order valence-corrected chi connectivity index (χ2v) is 3.31. The molecule has 0 atom stereocenters. The summed E-state index contributed by atoms with van der Waals surface area (Å²) < 4.78 is 30.7. The Bertz CT molecular complexity index is 476. The van der Waals surface area contributed by atoms with Crippen LogP contribution in [0.4, 0.5) is 8.78 Å². The maximum Gasteiger partial charge on any atom is 0.139 e. The predicted molar refractivity (Wildman–Crippen MR) is 52.6 cm³/mol. The van der Waals surface area contributed by atoms with Crippen LogP contribution < -0.4 is 0 Å². The van der Waals surface area contributed by atoms with Crippen molar-refractivity contribution >= 4 is 0 Å². The van der Waals surface area contributed by atoms with Crippen molar-refractivity contribution < 1.29 is 18.4 Å². The van der Waals surface area contributed by atoms with E-state index in [4.69, 9.17) is 9.63 Å². The summed E-state index contributed by atoms with van der Waals surface area (Å²) in [4.78, 5) is 0. The molecule has 0 amide bonds. The highest BCUT2D eigenvalue weighted by Gasteiger charge is 2.08. The molecule has 5 heteroatoms. The fraction of sp³-hybridized carbons (Fsp3) is 0.182. The molecule has 3 nitrogen and oxygen atoms in total. The van der Waals surface area contributed by atoms with E-state index in [0.29, 0.717) is 23.4 Å². The Morgan fingerprint density at radius 2 is 1.81 bits per heavy atom. The summed E-state index contributed by atoms with van der Waals surface area (Å²) in [6, 6.07) is 4.68. The van der Waals surface area contributed by atoms with Gasteiger partial charge < -0.3 is 9.63 Å². The fourth-order valence-electron chi connectivity index (χ4n) is 1.38. The van der Waals surface area contributed by atoms with Crippen molar-refractivity contribution in [1.29, 1.82) is 0 Å². The standard InChI is InChI=1S/C11H9F2NO2/c12-8-3-7(4-9(13)5-8)11-6-10(1-2-15)16-14-11/h3-6,15H,1-2H2. The van der Waals surface area contributed by atoms with E-state index in [-0.39, 0.29) is 6.61 Å². The Hall–Kier alpha value is -1.75. The van der Waals surface area contributed by atoms with Crippen LogP contribution in [0.15, 0.2) is 28.8 Å². The third-order valence-corrected chi connectivity index (χ3v) is 2.08. The van der Waals surface area contributed by atoms with Crippen LogP contribution in [-0.2, 0) is 6.42 Å². The summed E-state index contributed by atoms with van der Waals surface area (Å²) in [5.74, 6) is -0.856. The van der Waals surface area contributed by atoms with E-state index in [1.54, 1.807) is 6.07 Å². The molecule has 0 unspecified atom stereocenters. The van der Waals surface area contributed by atoms with Gasteiger partial charge in [0.1, 0.15) is 23.1 Å². The van der Waals surface area contributed by atoms with Gasteiger partial charge in [0.2, 0.25) is 0 Å². The second-order valence-electron chi connectivity index (χ2n) is 3.31. The maximum atomic E-state index is 12.9. The molecule has 1 aromatic carbocycles. The van der Waals surface area contributed by atoms with Gasteiger partial charge in [-0.25, -0.2) is 8.78 Å². The highest BCUT2D eigenvalue weighted by Crippen LogP contribution is 2.21. The van der Waals surface area contributed by atoms with Crippen molar-refractivity contribution in [3.63, 3.8) is 0 Å². The Balaban J connectivity index is 2.34. The molecule has 0 saturated carbocycles. The van der Waals surface area contributed by atoms with Gasteiger partial charge in [0, 0.05) is 24.1 Å². The molecule has 84 valence electrons. The van der Waals surface area contributed by atoms with Crippen LogP contribution in [-0.4, -0.2) is 16.9 Å². The van der Waals surface area contributed by atoms with Crippen LogP contribution in [0.5, 0.6) is 0 Å². The number of rotatable bonds is 3. The van der Waals surface area contributed by atoms with Gasteiger partial charge in [-0.05, 0) is 12.1 Å². The molecule has 0 fully saturated rings. The van der Waals surface area contributed by atoms with Crippen molar-refractivity contribution in [3.8, 4) is 11.3 Å². The number of nitrogens with zero attached hydrogens (tertiary/aromatic N) is 1.